The van der Waals surface area contributed by atoms with Crippen LogP contribution in [0.2, 0.25) is 0 Å². The van der Waals surface area contributed by atoms with E-state index in [1.165, 1.54) is 24.3 Å². The monoisotopic (exact) mass is 382 g/mol. The highest BCUT2D eigenvalue weighted by Crippen LogP contribution is 2.34. The number of aryl methyl sites for hydroxylation is 1. The van der Waals surface area contributed by atoms with Crippen LogP contribution < -0.4 is 0 Å². The van der Waals surface area contributed by atoms with Crippen LogP contribution in [0.5, 0.6) is 0 Å². The van der Waals surface area contributed by atoms with Gasteiger partial charge in [-0.05, 0) is 24.0 Å². The molecule has 1 heterocycles. The van der Waals surface area contributed by atoms with Gasteiger partial charge in [0.1, 0.15) is 0 Å². The van der Waals surface area contributed by atoms with Gasteiger partial charge in [0.25, 0.3) is 0 Å². The minimum atomic E-state index is -1.20. The minimum Gasteiger partial charge on any atom is -0.352 e. The second-order valence-corrected chi connectivity index (χ2v) is 6.67. The van der Waals surface area contributed by atoms with Crippen molar-refractivity contribution in [3.8, 4) is 11.1 Å². The van der Waals surface area contributed by atoms with E-state index in [2.05, 4.69) is 0 Å². The molecular weight excluding hydrogens is 360 g/mol. The van der Waals surface area contributed by atoms with Crippen LogP contribution >= 0.6 is 0 Å². The largest absolute Gasteiger partial charge is 0.352 e. The van der Waals surface area contributed by atoms with Crippen LogP contribution in [0.15, 0.2) is 24.3 Å². The Kier molecular flexibility index (Phi) is 6.17. The molecular formula is C21H22F4O2. The number of hydrogen-bond acceptors (Lipinski definition) is 2. The third-order valence-electron chi connectivity index (χ3n) is 4.88. The molecule has 0 aromatic heterocycles. The smallest absolute Gasteiger partial charge is 0.167 e. The van der Waals surface area contributed by atoms with Crippen molar-refractivity contribution in [3.63, 3.8) is 0 Å². The van der Waals surface area contributed by atoms with Crippen molar-refractivity contribution in [1.29, 1.82) is 0 Å². The van der Waals surface area contributed by atoms with Gasteiger partial charge in [-0.2, -0.15) is 0 Å². The molecule has 146 valence electrons. The molecule has 6 heteroatoms. The predicted molar refractivity (Wildman–Crippen MR) is 94.4 cm³/mol. The van der Waals surface area contributed by atoms with E-state index in [0.717, 1.165) is 12.8 Å². The third kappa shape index (κ3) is 3.87. The first-order valence-corrected chi connectivity index (χ1v) is 9.16. The minimum absolute atomic E-state index is 0.109. The Morgan fingerprint density at radius 2 is 1.41 bits per heavy atom. The molecule has 0 bridgehead atoms. The molecule has 2 nitrogen and oxygen atoms in total. The molecule has 1 aliphatic rings. The normalized spacial score (nSPS) is 20.1. The molecule has 0 saturated carbocycles. The molecule has 1 aliphatic heterocycles. The lowest BCUT2D eigenvalue weighted by Crippen LogP contribution is -2.31. The topological polar surface area (TPSA) is 18.5 Å². The summed E-state index contributed by atoms with van der Waals surface area (Å²) in [4.78, 5) is 0. The molecule has 0 aliphatic carbocycles. The third-order valence-corrected chi connectivity index (χ3v) is 4.88. The Morgan fingerprint density at radius 1 is 0.815 bits per heavy atom. The molecule has 2 aromatic carbocycles. The number of ether oxygens (including phenoxy) is 2. The summed E-state index contributed by atoms with van der Waals surface area (Å²) in [5, 5.41) is 0. The first-order chi connectivity index (χ1) is 13.0. The van der Waals surface area contributed by atoms with E-state index >= 15 is 0 Å². The Labute approximate surface area is 156 Å². The number of benzene rings is 2. The summed E-state index contributed by atoms with van der Waals surface area (Å²) in [7, 11) is 0. The van der Waals surface area contributed by atoms with Crippen LogP contribution in [0.4, 0.5) is 17.6 Å². The highest BCUT2D eigenvalue weighted by atomic mass is 19.2. The van der Waals surface area contributed by atoms with Crippen LogP contribution in [0, 0.1) is 23.3 Å². The van der Waals surface area contributed by atoms with Crippen molar-refractivity contribution in [2.45, 2.75) is 45.3 Å². The van der Waals surface area contributed by atoms with Crippen molar-refractivity contribution in [1.82, 2.24) is 0 Å². The molecule has 1 saturated heterocycles. The van der Waals surface area contributed by atoms with Gasteiger partial charge in [0, 0.05) is 17.0 Å². The zero-order valence-corrected chi connectivity index (χ0v) is 15.3. The molecule has 3 rings (SSSR count). The summed E-state index contributed by atoms with van der Waals surface area (Å²) >= 11 is 0. The van der Waals surface area contributed by atoms with Crippen molar-refractivity contribution >= 4 is 0 Å². The van der Waals surface area contributed by atoms with Gasteiger partial charge in [-0.25, -0.2) is 17.6 Å². The summed E-state index contributed by atoms with van der Waals surface area (Å²) < 4.78 is 68.7. The fraction of sp³-hybridized carbons (Fsp3) is 0.429. The Morgan fingerprint density at radius 3 is 2.00 bits per heavy atom. The first kappa shape index (κ1) is 19.8. The molecule has 0 N–H and O–H groups in total. The quantitative estimate of drug-likeness (QED) is 0.615. The number of halogens is 4. The molecule has 0 unspecified atom stereocenters. The molecule has 27 heavy (non-hydrogen) atoms. The maximum atomic E-state index is 14.7. The lowest BCUT2D eigenvalue weighted by Gasteiger charge is -2.29. The van der Waals surface area contributed by atoms with Gasteiger partial charge >= 0.3 is 0 Å². The average Bonchev–Trinajstić information content (AvgIpc) is 2.68. The van der Waals surface area contributed by atoms with E-state index in [-0.39, 0.29) is 41.8 Å². The van der Waals surface area contributed by atoms with E-state index in [9.17, 15) is 17.6 Å². The standard InChI is InChI=1S/C21H22F4O2/c1-3-5-17-26-10-13(11-27-17)14-8-9-16(21(25)19(14)23)15-7-6-12(4-2)18(22)20(15)24/h6-9,13,17H,3-5,10-11H2,1-2H3. The zero-order valence-electron chi connectivity index (χ0n) is 15.3. The molecule has 0 atom stereocenters. The van der Waals surface area contributed by atoms with Crippen LogP contribution in [-0.4, -0.2) is 19.5 Å². The van der Waals surface area contributed by atoms with E-state index in [1.807, 2.05) is 6.92 Å². The number of hydrogen-bond donors (Lipinski definition) is 0. The van der Waals surface area contributed by atoms with Gasteiger partial charge in [0.05, 0.1) is 13.2 Å². The highest BCUT2D eigenvalue weighted by molar-refractivity contribution is 5.66. The summed E-state index contributed by atoms with van der Waals surface area (Å²) in [6.45, 7) is 4.12. The van der Waals surface area contributed by atoms with E-state index in [4.69, 9.17) is 9.47 Å². The van der Waals surface area contributed by atoms with Crippen LogP contribution in [-0.2, 0) is 15.9 Å². The molecule has 1 fully saturated rings. The summed E-state index contributed by atoms with van der Waals surface area (Å²) in [5.74, 6) is -4.95. The van der Waals surface area contributed by atoms with Crippen LogP contribution in [0.25, 0.3) is 11.1 Å². The van der Waals surface area contributed by atoms with Crippen LogP contribution in [0.3, 0.4) is 0 Å². The SMILES string of the molecule is CCCC1OCC(c2ccc(-c3ccc(CC)c(F)c3F)c(F)c2F)CO1. The van der Waals surface area contributed by atoms with Crippen molar-refractivity contribution in [2.75, 3.05) is 13.2 Å². The van der Waals surface area contributed by atoms with Gasteiger partial charge in [0.2, 0.25) is 0 Å². The molecule has 0 spiro atoms. The highest BCUT2D eigenvalue weighted by Gasteiger charge is 2.28. The number of rotatable bonds is 5. The van der Waals surface area contributed by atoms with Crippen molar-refractivity contribution in [2.24, 2.45) is 0 Å². The first-order valence-electron chi connectivity index (χ1n) is 9.16. The summed E-state index contributed by atoms with van der Waals surface area (Å²) in [6.07, 6.45) is 1.61. The lowest BCUT2D eigenvalue weighted by atomic mass is 9.94. The van der Waals surface area contributed by atoms with E-state index in [0.29, 0.717) is 6.42 Å². The zero-order chi connectivity index (χ0) is 19.6. The maximum Gasteiger partial charge on any atom is 0.167 e. The Balaban J connectivity index is 1.89. The fourth-order valence-electron chi connectivity index (χ4n) is 3.28. The van der Waals surface area contributed by atoms with Gasteiger partial charge in [0.15, 0.2) is 29.6 Å². The molecule has 0 radical (unpaired) electrons. The average molecular weight is 382 g/mol. The van der Waals surface area contributed by atoms with Gasteiger partial charge < -0.3 is 9.47 Å². The Hall–Kier alpha value is -1.92. The maximum absolute atomic E-state index is 14.7. The van der Waals surface area contributed by atoms with Crippen molar-refractivity contribution in [3.05, 3.63) is 58.7 Å². The fourth-order valence-corrected chi connectivity index (χ4v) is 3.28. The summed E-state index contributed by atoms with van der Waals surface area (Å²) in [5.41, 5.74) is -0.312. The Bertz CT molecular complexity index is 814. The van der Waals surface area contributed by atoms with E-state index in [1.54, 1.807) is 6.92 Å². The summed E-state index contributed by atoms with van der Waals surface area (Å²) in [6, 6.07) is 5.32. The van der Waals surface area contributed by atoms with Gasteiger partial charge in [-0.1, -0.05) is 44.5 Å². The molecule has 0 amide bonds. The van der Waals surface area contributed by atoms with Crippen molar-refractivity contribution < 1.29 is 27.0 Å². The van der Waals surface area contributed by atoms with Gasteiger partial charge in [-0.3, -0.25) is 0 Å². The van der Waals surface area contributed by atoms with Crippen LogP contribution in [0.1, 0.15) is 43.7 Å². The van der Waals surface area contributed by atoms with Gasteiger partial charge in [-0.15, -0.1) is 0 Å². The van der Waals surface area contributed by atoms with E-state index < -0.39 is 29.2 Å². The lowest BCUT2D eigenvalue weighted by molar-refractivity contribution is -0.190. The second kappa shape index (κ2) is 8.40. The molecule has 2 aromatic rings. The second-order valence-electron chi connectivity index (χ2n) is 6.67. The predicted octanol–water partition coefficient (Wildman–Crippen LogP) is 5.73.